The molecule has 1 heterocycles. The smallest absolute Gasteiger partial charge is 0.269 e. The average Bonchev–Trinajstić information content (AvgIpc) is 3.10. The summed E-state index contributed by atoms with van der Waals surface area (Å²) >= 11 is 1.11. The van der Waals surface area contributed by atoms with Crippen LogP contribution >= 0.6 is 11.3 Å². The Morgan fingerprint density at radius 1 is 1.22 bits per heavy atom. The van der Waals surface area contributed by atoms with E-state index in [9.17, 15) is 14.9 Å². The molecule has 7 nitrogen and oxygen atoms in total. The summed E-state index contributed by atoms with van der Waals surface area (Å²) in [5.41, 5.74) is 0.847. The second kappa shape index (κ2) is 10.5. The van der Waals surface area contributed by atoms with E-state index in [1.54, 1.807) is 50.4 Å². The van der Waals surface area contributed by atoms with Gasteiger partial charge in [0.2, 0.25) is 0 Å². The zero-order chi connectivity index (χ0) is 23.1. The Labute approximate surface area is 189 Å². The molecule has 32 heavy (non-hydrogen) atoms. The van der Waals surface area contributed by atoms with Gasteiger partial charge in [-0.1, -0.05) is 24.3 Å². The number of thiazole rings is 1. The van der Waals surface area contributed by atoms with E-state index >= 15 is 0 Å². The number of nitrogens with one attached hydrogen (secondary N) is 1. The van der Waals surface area contributed by atoms with Crippen molar-refractivity contribution in [3.8, 4) is 17.6 Å². The molecular formula is C24H23N3O4S. The maximum absolute atomic E-state index is 13.0. The molecule has 2 aromatic carbocycles. The molecule has 0 aliphatic carbocycles. The Morgan fingerprint density at radius 2 is 2.00 bits per heavy atom. The van der Waals surface area contributed by atoms with E-state index in [0.29, 0.717) is 39.5 Å². The number of aromatic nitrogens is 1. The minimum Gasteiger partial charge on any atom is -0.497 e. The predicted molar refractivity (Wildman–Crippen MR) is 125 cm³/mol. The molecular weight excluding hydrogens is 426 g/mol. The summed E-state index contributed by atoms with van der Waals surface area (Å²) < 4.78 is 12.9. The summed E-state index contributed by atoms with van der Waals surface area (Å²) in [4.78, 5) is 25.9. The predicted octanol–water partition coefficient (Wildman–Crippen LogP) is 2.48. The summed E-state index contributed by atoms with van der Waals surface area (Å²) in [7, 11) is 1.57. The van der Waals surface area contributed by atoms with E-state index in [4.69, 9.17) is 9.47 Å². The molecule has 1 aromatic heterocycles. The van der Waals surface area contributed by atoms with Crippen LogP contribution < -0.4 is 29.5 Å². The Hall–Kier alpha value is -3.83. The molecule has 1 N–H and O–H groups in total. The van der Waals surface area contributed by atoms with Crippen LogP contribution in [0.2, 0.25) is 0 Å². The first-order valence-corrected chi connectivity index (χ1v) is 10.9. The van der Waals surface area contributed by atoms with Crippen molar-refractivity contribution in [1.29, 1.82) is 5.26 Å². The monoisotopic (exact) mass is 449 g/mol. The highest BCUT2D eigenvalue weighted by atomic mass is 32.1. The molecule has 164 valence electrons. The largest absolute Gasteiger partial charge is 0.497 e. The SMILES string of the molecule is CCOc1ccccc1NC(=O)/C(C#N)=c1\s/c(=C\c2cccc(OC)c2)c(=O)n1CC. The van der Waals surface area contributed by atoms with Gasteiger partial charge in [-0.15, -0.1) is 11.3 Å². The Kier molecular flexibility index (Phi) is 7.47. The molecule has 0 saturated heterocycles. The van der Waals surface area contributed by atoms with Crippen LogP contribution in [0, 0.1) is 11.3 Å². The molecule has 0 saturated carbocycles. The molecule has 3 aromatic rings. The van der Waals surface area contributed by atoms with Gasteiger partial charge >= 0.3 is 0 Å². The fourth-order valence-corrected chi connectivity index (χ4v) is 4.27. The number of methoxy groups -OCH3 is 1. The van der Waals surface area contributed by atoms with E-state index < -0.39 is 5.91 Å². The third-order valence-corrected chi connectivity index (χ3v) is 5.73. The fourth-order valence-electron chi connectivity index (χ4n) is 3.11. The zero-order valence-electron chi connectivity index (χ0n) is 18.0. The van der Waals surface area contributed by atoms with E-state index in [1.807, 2.05) is 31.2 Å². The van der Waals surface area contributed by atoms with Crippen molar-refractivity contribution in [2.24, 2.45) is 0 Å². The molecule has 0 atom stereocenters. The normalized spacial score (nSPS) is 12.1. The number of nitriles is 1. The summed E-state index contributed by atoms with van der Waals surface area (Å²) in [5, 5.41) is 12.5. The van der Waals surface area contributed by atoms with Gasteiger partial charge in [0, 0.05) is 6.54 Å². The number of nitrogens with zero attached hydrogens (tertiary/aromatic N) is 2. The molecule has 0 fully saturated rings. The van der Waals surface area contributed by atoms with Crippen LogP contribution in [0.15, 0.2) is 53.3 Å². The second-order valence-corrected chi connectivity index (χ2v) is 7.64. The van der Waals surface area contributed by atoms with Crippen LogP contribution in [0.5, 0.6) is 11.5 Å². The topological polar surface area (TPSA) is 93.3 Å². The zero-order valence-corrected chi connectivity index (χ0v) is 18.9. The molecule has 0 aliphatic rings. The first kappa shape index (κ1) is 22.8. The molecule has 0 radical (unpaired) electrons. The summed E-state index contributed by atoms with van der Waals surface area (Å²) in [6.07, 6.45) is 1.72. The molecule has 0 bridgehead atoms. The van der Waals surface area contributed by atoms with Crippen LogP contribution in [0.1, 0.15) is 19.4 Å². The Morgan fingerprint density at radius 3 is 2.69 bits per heavy atom. The van der Waals surface area contributed by atoms with Crippen molar-refractivity contribution in [3.63, 3.8) is 0 Å². The van der Waals surface area contributed by atoms with Gasteiger partial charge in [-0.05, 0) is 49.8 Å². The summed E-state index contributed by atoms with van der Waals surface area (Å²) in [6, 6.07) is 16.3. The molecule has 0 spiro atoms. The third kappa shape index (κ3) is 4.90. The molecule has 1 amide bonds. The Bertz CT molecular complexity index is 1350. The maximum atomic E-state index is 13.0. The van der Waals surface area contributed by atoms with Crippen LogP contribution in [0.25, 0.3) is 11.6 Å². The number of benzene rings is 2. The molecule has 3 rings (SSSR count). The number of hydrogen-bond acceptors (Lipinski definition) is 6. The van der Waals surface area contributed by atoms with Gasteiger partial charge in [0.15, 0.2) is 5.57 Å². The van der Waals surface area contributed by atoms with Gasteiger partial charge in [-0.25, -0.2) is 0 Å². The molecule has 0 unspecified atom stereocenters. The first-order chi connectivity index (χ1) is 15.5. The van der Waals surface area contributed by atoms with Crippen molar-refractivity contribution in [1.82, 2.24) is 4.57 Å². The highest BCUT2D eigenvalue weighted by Crippen LogP contribution is 2.24. The van der Waals surface area contributed by atoms with Crippen molar-refractivity contribution in [2.75, 3.05) is 19.0 Å². The lowest BCUT2D eigenvalue weighted by Gasteiger charge is -2.10. The van der Waals surface area contributed by atoms with E-state index in [0.717, 1.165) is 16.9 Å². The quantitative estimate of drug-likeness (QED) is 0.598. The number of anilines is 1. The lowest BCUT2D eigenvalue weighted by Crippen LogP contribution is -2.33. The minimum atomic E-state index is -0.601. The summed E-state index contributed by atoms with van der Waals surface area (Å²) in [6.45, 7) is 4.40. The van der Waals surface area contributed by atoms with Gasteiger partial charge in [0.25, 0.3) is 11.5 Å². The first-order valence-electron chi connectivity index (χ1n) is 10.0. The standard InChI is InChI=1S/C24H23N3O4S/c1-4-27-23(29)21(14-16-9-8-10-17(13-16)30-3)32-24(27)18(15-25)22(28)26-19-11-6-7-12-20(19)31-5-2/h6-14H,4-5H2,1-3H3,(H,26,28)/b21-14-,24-18-. The van der Waals surface area contributed by atoms with E-state index in [2.05, 4.69) is 5.32 Å². The van der Waals surface area contributed by atoms with Crippen LogP contribution in [-0.2, 0) is 11.3 Å². The van der Waals surface area contributed by atoms with Crippen molar-refractivity contribution < 1.29 is 14.3 Å². The van der Waals surface area contributed by atoms with Gasteiger partial charge in [-0.3, -0.25) is 14.2 Å². The number of carbonyl (C=O) groups is 1. The highest BCUT2D eigenvalue weighted by Gasteiger charge is 2.17. The molecule has 8 heteroatoms. The van der Waals surface area contributed by atoms with E-state index in [-0.39, 0.29) is 11.1 Å². The third-order valence-electron chi connectivity index (χ3n) is 4.60. The van der Waals surface area contributed by atoms with Crippen molar-refractivity contribution in [3.05, 3.63) is 73.6 Å². The van der Waals surface area contributed by atoms with Gasteiger partial charge in [0.05, 0.1) is 23.9 Å². The maximum Gasteiger partial charge on any atom is 0.269 e. The second-order valence-electron chi connectivity index (χ2n) is 6.61. The highest BCUT2D eigenvalue weighted by molar-refractivity contribution is 7.07. The number of carbonyl (C=O) groups excluding carboxylic acids is 1. The van der Waals surface area contributed by atoms with Gasteiger partial charge in [0.1, 0.15) is 22.2 Å². The fraction of sp³-hybridized carbons (Fsp3) is 0.208. The van der Waals surface area contributed by atoms with E-state index in [1.165, 1.54) is 4.57 Å². The number of ether oxygens (including phenoxy) is 2. The van der Waals surface area contributed by atoms with Crippen LogP contribution in [0.3, 0.4) is 0 Å². The van der Waals surface area contributed by atoms with Crippen molar-refractivity contribution >= 4 is 34.6 Å². The molecule has 0 aliphatic heterocycles. The van der Waals surface area contributed by atoms with Crippen LogP contribution in [0.4, 0.5) is 5.69 Å². The number of amides is 1. The average molecular weight is 450 g/mol. The van der Waals surface area contributed by atoms with Crippen LogP contribution in [-0.4, -0.2) is 24.2 Å². The van der Waals surface area contributed by atoms with Gasteiger partial charge < -0.3 is 14.8 Å². The Balaban J connectivity index is 2.11. The minimum absolute atomic E-state index is 0.134. The summed E-state index contributed by atoms with van der Waals surface area (Å²) in [5.74, 6) is 0.575. The van der Waals surface area contributed by atoms with Crippen molar-refractivity contribution in [2.45, 2.75) is 20.4 Å². The lowest BCUT2D eigenvalue weighted by atomic mass is 10.2. The number of hydrogen-bond donors (Lipinski definition) is 1. The number of rotatable bonds is 7. The van der Waals surface area contributed by atoms with Gasteiger partial charge in [-0.2, -0.15) is 5.26 Å². The number of para-hydroxylation sites is 2. The lowest BCUT2D eigenvalue weighted by molar-refractivity contribution is -0.111.